The van der Waals surface area contributed by atoms with E-state index in [1.165, 1.54) is 0 Å². The summed E-state index contributed by atoms with van der Waals surface area (Å²) >= 11 is 3.25. The van der Waals surface area contributed by atoms with Crippen LogP contribution in [0.5, 0.6) is 0 Å². The van der Waals surface area contributed by atoms with Gasteiger partial charge in [0.15, 0.2) is 0 Å². The zero-order valence-corrected chi connectivity index (χ0v) is 8.41. The molecule has 0 aliphatic rings. The summed E-state index contributed by atoms with van der Waals surface area (Å²) in [6, 6.07) is -0.312. The fraction of sp³-hybridized carbons (Fsp3) is 0.429. The summed E-state index contributed by atoms with van der Waals surface area (Å²) in [6.45, 7) is 0. The van der Waals surface area contributed by atoms with Crippen molar-refractivity contribution < 1.29 is 9.90 Å². The Kier molecular flexibility index (Phi) is 3.44. The Labute approximate surface area is 83.5 Å². The van der Waals surface area contributed by atoms with Crippen LogP contribution >= 0.6 is 15.9 Å². The Morgan fingerprint density at radius 1 is 1.85 bits per heavy atom. The summed E-state index contributed by atoms with van der Waals surface area (Å²) in [4.78, 5) is 10.3. The lowest BCUT2D eigenvalue weighted by Gasteiger charge is -2.07. The molecule has 6 heteroatoms. The summed E-state index contributed by atoms with van der Waals surface area (Å²) in [5, 5.41) is 14.9. The normalized spacial score (nSPS) is 12.8. The molecule has 72 valence electrons. The van der Waals surface area contributed by atoms with Gasteiger partial charge < -0.3 is 10.8 Å². The number of aromatic nitrogens is 2. The van der Waals surface area contributed by atoms with Gasteiger partial charge in [0.25, 0.3) is 0 Å². The van der Waals surface area contributed by atoms with Crippen molar-refractivity contribution in [3.63, 3.8) is 0 Å². The highest BCUT2D eigenvalue weighted by Crippen LogP contribution is 2.21. The Hall–Kier alpha value is -0.880. The van der Waals surface area contributed by atoms with E-state index in [1.54, 1.807) is 6.20 Å². The first kappa shape index (κ1) is 10.2. The third-order valence-corrected chi connectivity index (χ3v) is 2.29. The molecule has 0 fully saturated rings. The van der Waals surface area contributed by atoms with Crippen LogP contribution in [0.25, 0.3) is 0 Å². The first-order valence-electron chi connectivity index (χ1n) is 3.77. The number of halogens is 1. The molecule has 0 amide bonds. The molecule has 1 atom stereocenters. The van der Waals surface area contributed by atoms with E-state index in [1.807, 2.05) is 0 Å². The van der Waals surface area contributed by atoms with Crippen molar-refractivity contribution in [3.8, 4) is 0 Å². The zero-order chi connectivity index (χ0) is 9.84. The van der Waals surface area contributed by atoms with Crippen molar-refractivity contribution in [1.82, 2.24) is 10.2 Å². The lowest BCUT2D eigenvalue weighted by atomic mass is 10.1. The van der Waals surface area contributed by atoms with Crippen LogP contribution in [0.4, 0.5) is 0 Å². The number of hydrogen-bond acceptors (Lipinski definition) is 3. The minimum absolute atomic E-state index is 0.0621. The molecular formula is C7H10BrN3O2. The number of nitrogens with one attached hydrogen (secondary N) is 1. The summed E-state index contributed by atoms with van der Waals surface area (Å²) in [5.74, 6) is -0.842. The van der Waals surface area contributed by atoms with Crippen molar-refractivity contribution in [1.29, 1.82) is 0 Å². The first-order chi connectivity index (χ1) is 6.11. The average Bonchev–Trinajstić information content (AvgIpc) is 2.47. The molecule has 13 heavy (non-hydrogen) atoms. The van der Waals surface area contributed by atoms with Crippen molar-refractivity contribution >= 4 is 21.9 Å². The van der Waals surface area contributed by atoms with E-state index in [0.29, 0.717) is 6.42 Å². The van der Waals surface area contributed by atoms with Gasteiger partial charge in [0.1, 0.15) is 0 Å². The number of carboxylic acids is 1. The Morgan fingerprint density at radius 3 is 3.00 bits per heavy atom. The monoisotopic (exact) mass is 247 g/mol. The lowest BCUT2D eigenvalue weighted by Crippen LogP contribution is -2.13. The largest absolute Gasteiger partial charge is 0.481 e. The maximum Gasteiger partial charge on any atom is 0.303 e. The van der Waals surface area contributed by atoms with E-state index in [-0.39, 0.29) is 12.5 Å². The summed E-state index contributed by atoms with van der Waals surface area (Å²) in [5.41, 5.74) is 6.46. The predicted octanol–water partition coefficient (Wildman–Crippen LogP) is 1.04. The predicted molar refractivity (Wildman–Crippen MR) is 50.1 cm³/mol. The van der Waals surface area contributed by atoms with Gasteiger partial charge in [-0.25, -0.2) is 0 Å². The second-order valence-corrected chi connectivity index (χ2v) is 3.52. The maximum absolute atomic E-state index is 10.3. The molecule has 1 heterocycles. The van der Waals surface area contributed by atoms with Gasteiger partial charge in [0.05, 0.1) is 16.4 Å². The minimum atomic E-state index is -0.842. The highest BCUT2D eigenvalue weighted by molar-refractivity contribution is 9.10. The summed E-state index contributed by atoms with van der Waals surface area (Å²) < 4.78 is 0.783. The van der Waals surface area contributed by atoms with Gasteiger partial charge in [-0.1, -0.05) is 0 Å². The number of H-pyrrole nitrogens is 1. The van der Waals surface area contributed by atoms with Crippen LogP contribution in [0.2, 0.25) is 0 Å². The van der Waals surface area contributed by atoms with Gasteiger partial charge in [0.2, 0.25) is 0 Å². The molecular weight excluding hydrogens is 238 g/mol. The molecule has 5 nitrogen and oxygen atoms in total. The number of nitrogens with two attached hydrogens (primary N) is 1. The SMILES string of the molecule is NC(CCC(=O)O)c1[nH]ncc1Br. The summed E-state index contributed by atoms with van der Waals surface area (Å²) in [6.07, 6.45) is 2.05. The lowest BCUT2D eigenvalue weighted by molar-refractivity contribution is -0.137. The molecule has 0 radical (unpaired) electrons. The van der Waals surface area contributed by atoms with Crippen LogP contribution in [0.3, 0.4) is 0 Å². The molecule has 0 saturated heterocycles. The van der Waals surface area contributed by atoms with Gasteiger partial charge in [-0.3, -0.25) is 9.89 Å². The highest BCUT2D eigenvalue weighted by Gasteiger charge is 2.12. The minimum Gasteiger partial charge on any atom is -0.481 e. The van der Waals surface area contributed by atoms with Gasteiger partial charge in [0, 0.05) is 12.5 Å². The molecule has 1 unspecified atom stereocenters. The molecule has 0 spiro atoms. The van der Waals surface area contributed by atoms with E-state index in [9.17, 15) is 4.79 Å². The number of carbonyl (C=O) groups is 1. The Balaban J connectivity index is 2.53. The van der Waals surface area contributed by atoms with E-state index in [0.717, 1.165) is 10.2 Å². The third-order valence-electron chi connectivity index (χ3n) is 1.66. The average molecular weight is 248 g/mol. The van der Waals surface area contributed by atoms with Crippen molar-refractivity contribution in [2.75, 3.05) is 0 Å². The van der Waals surface area contributed by atoms with Crippen LogP contribution < -0.4 is 5.73 Å². The molecule has 1 rings (SSSR count). The van der Waals surface area contributed by atoms with Crippen LogP contribution in [-0.2, 0) is 4.79 Å². The van der Waals surface area contributed by atoms with Crippen LogP contribution in [-0.4, -0.2) is 21.3 Å². The molecule has 4 N–H and O–H groups in total. The number of aromatic amines is 1. The van der Waals surface area contributed by atoms with Crippen molar-refractivity contribution in [3.05, 3.63) is 16.4 Å². The smallest absolute Gasteiger partial charge is 0.303 e. The topological polar surface area (TPSA) is 92.0 Å². The first-order valence-corrected chi connectivity index (χ1v) is 4.56. The number of rotatable bonds is 4. The second kappa shape index (κ2) is 4.38. The standard InChI is InChI=1S/C7H10BrN3O2/c8-4-3-10-11-7(4)5(9)1-2-6(12)13/h3,5H,1-2,9H2,(H,10,11)(H,12,13). The summed E-state index contributed by atoms with van der Waals surface area (Å²) in [7, 11) is 0. The molecule has 0 saturated carbocycles. The van der Waals surface area contributed by atoms with Crippen LogP contribution in [0, 0.1) is 0 Å². The van der Waals surface area contributed by atoms with Crippen molar-refractivity contribution in [2.24, 2.45) is 5.73 Å². The van der Waals surface area contributed by atoms with Crippen LogP contribution in [0.15, 0.2) is 10.7 Å². The fourth-order valence-corrected chi connectivity index (χ4v) is 1.45. The molecule has 0 aromatic carbocycles. The number of nitrogens with zero attached hydrogens (tertiary/aromatic N) is 1. The fourth-order valence-electron chi connectivity index (χ4n) is 0.965. The Morgan fingerprint density at radius 2 is 2.54 bits per heavy atom. The van der Waals surface area contributed by atoms with Gasteiger partial charge in [-0.05, 0) is 22.4 Å². The second-order valence-electron chi connectivity index (χ2n) is 2.67. The van der Waals surface area contributed by atoms with E-state index in [4.69, 9.17) is 10.8 Å². The van der Waals surface area contributed by atoms with Crippen LogP contribution in [0.1, 0.15) is 24.6 Å². The van der Waals surface area contributed by atoms with E-state index in [2.05, 4.69) is 26.1 Å². The number of hydrogen-bond donors (Lipinski definition) is 3. The number of aliphatic carboxylic acids is 1. The van der Waals surface area contributed by atoms with E-state index < -0.39 is 5.97 Å². The van der Waals surface area contributed by atoms with Gasteiger partial charge in [-0.2, -0.15) is 5.10 Å². The molecule has 0 bridgehead atoms. The van der Waals surface area contributed by atoms with Crippen molar-refractivity contribution in [2.45, 2.75) is 18.9 Å². The third kappa shape index (κ3) is 2.82. The van der Waals surface area contributed by atoms with E-state index >= 15 is 0 Å². The highest BCUT2D eigenvalue weighted by atomic mass is 79.9. The zero-order valence-electron chi connectivity index (χ0n) is 6.83. The Bertz CT molecular complexity index is 300. The quantitative estimate of drug-likeness (QED) is 0.742. The van der Waals surface area contributed by atoms with Gasteiger partial charge in [-0.15, -0.1) is 0 Å². The maximum atomic E-state index is 10.3. The molecule has 0 aliphatic heterocycles. The molecule has 1 aromatic heterocycles. The van der Waals surface area contributed by atoms with Gasteiger partial charge >= 0.3 is 5.97 Å². The number of carboxylic acid groups (broad SMARTS) is 1. The molecule has 0 aliphatic carbocycles. The molecule has 1 aromatic rings.